The second-order valence-electron chi connectivity index (χ2n) is 8.00. The molecule has 0 N–H and O–H groups in total. The van der Waals surface area contributed by atoms with Crippen molar-refractivity contribution in [2.75, 3.05) is 13.2 Å². The van der Waals surface area contributed by atoms with Gasteiger partial charge in [-0.2, -0.15) is 0 Å². The van der Waals surface area contributed by atoms with E-state index < -0.39 is 0 Å². The van der Waals surface area contributed by atoms with E-state index in [2.05, 4.69) is 13.8 Å². The Morgan fingerprint density at radius 2 is 1.55 bits per heavy atom. The highest BCUT2D eigenvalue weighted by Crippen LogP contribution is 2.35. The molecule has 5 heteroatoms. The van der Waals surface area contributed by atoms with E-state index in [-0.39, 0.29) is 36.6 Å². The standard InChI is InChI=1S/C26H32O5/c1-19-20(2)26(30-17-23-12-8-5-9-13-23)24(14-15-29-21(3)27)31-25(19)18-28-16-22-10-6-4-7-11-22/h4-14,19-20,25-26H,15-18H2,1-3H3/b24-14+. The monoisotopic (exact) mass is 424 g/mol. The number of hydrogen-bond donors (Lipinski definition) is 0. The molecule has 1 aliphatic heterocycles. The van der Waals surface area contributed by atoms with Crippen LogP contribution in [0.5, 0.6) is 0 Å². The molecule has 0 aromatic heterocycles. The average Bonchev–Trinajstić information content (AvgIpc) is 2.78. The van der Waals surface area contributed by atoms with Gasteiger partial charge in [0.1, 0.15) is 24.6 Å². The van der Waals surface area contributed by atoms with Crippen LogP contribution in [0.4, 0.5) is 0 Å². The van der Waals surface area contributed by atoms with Gasteiger partial charge in [0.25, 0.3) is 0 Å². The second kappa shape index (κ2) is 11.7. The van der Waals surface area contributed by atoms with Crippen LogP contribution in [0.25, 0.3) is 0 Å². The fourth-order valence-corrected chi connectivity index (χ4v) is 3.68. The van der Waals surface area contributed by atoms with Gasteiger partial charge >= 0.3 is 5.97 Å². The van der Waals surface area contributed by atoms with E-state index >= 15 is 0 Å². The Bertz CT molecular complexity index is 831. The largest absolute Gasteiger partial charge is 0.489 e. The average molecular weight is 425 g/mol. The molecule has 2 aromatic rings. The van der Waals surface area contributed by atoms with Gasteiger partial charge in [-0.1, -0.05) is 74.5 Å². The Morgan fingerprint density at radius 3 is 2.16 bits per heavy atom. The Kier molecular flexibility index (Phi) is 8.68. The molecule has 5 nitrogen and oxygen atoms in total. The Hall–Kier alpha value is -2.63. The predicted molar refractivity (Wildman–Crippen MR) is 119 cm³/mol. The summed E-state index contributed by atoms with van der Waals surface area (Å²) in [5, 5.41) is 0. The number of ether oxygens (including phenoxy) is 4. The van der Waals surface area contributed by atoms with Crippen LogP contribution < -0.4 is 0 Å². The molecule has 0 radical (unpaired) electrons. The maximum atomic E-state index is 11.2. The first-order valence-electron chi connectivity index (χ1n) is 10.8. The van der Waals surface area contributed by atoms with Crippen molar-refractivity contribution < 1.29 is 23.7 Å². The maximum Gasteiger partial charge on any atom is 0.302 e. The zero-order valence-corrected chi connectivity index (χ0v) is 18.5. The van der Waals surface area contributed by atoms with Crippen molar-refractivity contribution in [1.82, 2.24) is 0 Å². The lowest BCUT2D eigenvalue weighted by Gasteiger charge is -2.41. The van der Waals surface area contributed by atoms with Crippen molar-refractivity contribution in [3.05, 3.63) is 83.6 Å². The molecule has 1 aliphatic rings. The molecule has 1 heterocycles. The lowest BCUT2D eigenvalue weighted by atomic mass is 9.83. The molecule has 2 aromatic carbocycles. The van der Waals surface area contributed by atoms with E-state index in [1.807, 2.05) is 66.7 Å². The molecule has 0 amide bonds. The molecule has 166 valence electrons. The van der Waals surface area contributed by atoms with Crippen molar-refractivity contribution in [3.63, 3.8) is 0 Å². The van der Waals surface area contributed by atoms with E-state index in [1.54, 1.807) is 0 Å². The summed E-state index contributed by atoms with van der Waals surface area (Å²) >= 11 is 0. The highest BCUT2D eigenvalue weighted by atomic mass is 16.6. The van der Waals surface area contributed by atoms with Crippen molar-refractivity contribution in [3.8, 4) is 0 Å². The van der Waals surface area contributed by atoms with Gasteiger partial charge in [-0.05, 0) is 23.1 Å². The molecule has 3 rings (SSSR count). The summed E-state index contributed by atoms with van der Waals surface area (Å²) in [6, 6.07) is 20.2. The van der Waals surface area contributed by atoms with E-state index in [0.717, 1.165) is 11.1 Å². The SMILES string of the molecule is CC(=O)OC/C=C1/OC(COCc2ccccc2)C(C)C(C)C1OCc1ccccc1. The molecule has 0 aliphatic carbocycles. The first-order valence-corrected chi connectivity index (χ1v) is 10.8. The van der Waals surface area contributed by atoms with Crippen molar-refractivity contribution in [1.29, 1.82) is 0 Å². The van der Waals surface area contributed by atoms with Gasteiger partial charge < -0.3 is 18.9 Å². The zero-order chi connectivity index (χ0) is 22.1. The minimum Gasteiger partial charge on any atom is -0.489 e. The first-order chi connectivity index (χ1) is 15.0. The van der Waals surface area contributed by atoms with Crippen LogP contribution in [0.2, 0.25) is 0 Å². The van der Waals surface area contributed by atoms with Gasteiger partial charge in [-0.3, -0.25) is 4.79 Å². The number of hydrogen-bond acceptors (Lipinski definition) is 5. The molecular weight excluding hydrogens is 392 g/mol. The number of rotatable bonds is 9. The van der Waals surface area contributed by atoms with E-state index in [9.17, 15) is 4.79 Å². The fourth-order valence-electron chi connectivity index (χ4n) is 3.68. The molecule has 1 fully saturated rings. The quantitative estimate of drug-likeness (QED) is 0.536. The molecule has 0 saturated carbocycles. The lowest BCUT2D eigenvalue weighted by molar-refractivity contribution is -0.140. The molecule has 4 atom stereocenters. The van der Waals surface area contributed by atoms with E-state index in [0.29, 0.717) is 25.6 Å². The number of carbonyl (C=O) groups is 1. The number of esters is 1. The normalized spacial score (nSPS) is 24.5. The van der Waals surface area contributed by atoms with Crippen LogP contribution in [0.15, 0.2) is 72.5 Å². The summed E-state index contributed by atoms with van der Waals surface area (Å²) < 4.78 is 23.6. The minimum atomic E-state index is -0.321. The van der Waals surface area contributed by atoms with Crippen LogP contribution in [0, 0.1) is 11.8 Å². The van der Waals surface area contributed by atoms with Gasteiger partial charge in [-0.25, -0.2) is 0 Å². The molecule has 4 unspecified atom stereocenters. The summed E-state index contributed by atoms with van der Waals surface area (Å²) in [7, 11) is 0. The molecule has 0 spiro atoms. The zero-order valence-electron chi connectivity index (χ0n) is 18.5. The summed E-state index contributed by atoms with van der Waals surface area (Å²) in [6.45, 7) is 7.42. The van der Waals surface area contributed by atoms with Gasteiger partial charge in [0.2, 0.25) is 0 Å². The Labute approximate surface area is 185 Å². The van der Waals surface area contributed by atoms with Gasteiger partial charge in [0.15, 0.2) is 0 Å². The third-order valence-corrected chi connectivity index (χ3v) is 5.70. The molecule has 31 heavy (non-hydrogen) atoms. The van der Waals surface area contributed by atoms with Crippen LogP contribution >= 0.6 is 0 Å². The molecule has 1 saturated heterocycles. The maximum absolute atomic E-state index is 11.2. The first kappa shape index (κ1) is 23.0. The Balaban J connectivity index is 1.65. The van der Waals surface area contributed by atoms with Crippen molar-refractivity contribution in [2.24, 2.45) is 11.8 Å². The van der Waals surface area contributed by atoms with E-state index in [4.69, 9.17) is 18.9 Å². The summed E-state index contributed by atoms with van der Waals surface area (Å²) in [4.78, 5) is 11.2. The highest BCUT2D eigenvalue weighted by molar-refractivity contribution is 5.66. The van der Waals surface area contributed by atoms with Crippen LogP contribution in [0.1, 0.15) is 31.9 Å². The minimum absolute atomic E-state index is 0.0983. The smallest absolute Gasteiger partial charge is 0.302 e. The second-order valence-corrected chi connectivity index (χ2v) is 8.00. The van der Waals surface area contributed by atoms with Gasteiger partial charge in [-0.15, -0.1) is 0 Å². The molecule has 0 bridgehead atoms. The third-order valence-electron chi connectivity index (χ3n) is 5.70. The predicted octanol–water partition coefficient (Wildman–Crippen LogP) is 4.91. The number of carbonyl (C=O) groups excluding carboxylic acids is 1. The summed E-state index contributed by atoms with van der Waals surface area (Å²) in [5.74, 6) is 0.837. The number of benzene rings is 2. The third kappa shape index (κ3) is 6.94. The summed E-state index contributed by atoms with van der Waals surface area (Å²) in [5.41, 5.74) is 2.24. The molecular formula is C26H32O5. The lowest BCUT2D eigenvalue weighted by Crippen LogP contribution is -2.44. The van der Waals surface area contributed by atoms with Crippen LogP contribution in [0.3, 0.4) is 0 Å². The van der Waals surface area contributed by atoms with Crippen LogP contribution in [-0.2, 0) is 37.0 Å². The van der Waals surface area contributed by atoms with Gasteiger partial charge in [0, 0.05) is 12.8 Å². The van der Waals surface area contributed by atoms with Crippen molar-refractivity contribution in [2.45, 2.75) is 46.2 Å². The Morgan fingerprint density at radius 1 is 0.935 bits per heavy atom. The topological polar surface area (TPSA) is 54.0 Å². The van der Waals surface area contributed by atoms with E-state index in [1.165, 1.54) is 6.92 Å². The van der Waals surface area contributed by atoms with Crippen LogP contribution in [-0.4, -0.2) is 31.4 Å². The summed E-state index contributed by atoms with van der Waals surface area (Å²) in [6.07, 6.45) is 1.50. The fraction of sp³-hybridized carbons (Fsp3) is 0.423. The van der Waals surface area contributed by atoms with Gasteiger partial charge in [0.05, 0.1) is 19.8 Å². The highest BCUT2D eigenvalue weighted by Gasteiger charge is 2.39. The van der Waals surface area contributed by atoms with Crippen molar-refractivity contribution >= 4 is 5.97 Å².